The predicted molar refractivity (Wildman–Crippen MR) is 63.6 cm³/mol. The SMILES string of the molecule is CCC(C)C(=O)N1CCCC(C(C)C)C1. The molecule has 2 heteroatoms. The van der Waals surface area contributed by atoms with E-state index in [2.05, 4.69) is 25.7 Å². The molecule has 0 bridgehead atoms. The van der Waals surface area contributed by atoms with Crippen molar-refractivity contribution >= 4 is 5.91 Å². The molecule has 2 atom stereocenters. The van der Waals surface area contributed by atoms with E-state index < -0.39 is 0 Å². The van der Waals surface area contributed by atoms with Gasteiger partial charge in [-0.25, -0.2) is 0 Å². The molecule has 0 aromatic rings. The Kier molecular flexibility index (Phi) is 4.62. The van der Waals surface area contributed by atoms with E-state index in [1.165, 1.54) is 12.8 Å². The van der Waals surface area contributed by atoms with Crippen molar-refractivity contribution in [3.8, 4) is 0 Å². The molecule has 1 fully saturated rings. The van der Waals surface area contributed by atoms with Crippen LogP contribution < -0.4 is 0 Å². The summed E-state index contributed by atoms with van der Waals surface area (Å²) in [6, 6.07) is 0. The molecule has 0 spiro atoms. The Morgan fingerprint density at radius 1 is 1.40 bits per heavy atom. The standard InChI is InChI=1S/C13H25NO/c1-5-11(4)13(15)14-8-6-7-12(9-14)10(2)3/h10-12H,5-9H2,1-4H3. The number of piperidine rings is 1. The molecular weight excluding hydrogens is 186 g/mol. The number of hydrogen-bond acceptors (Lipinski definition) is 1. The molecule has 1 rings (SSSR count). The molecule has 0 aromatic carbocycles. The fraction of sp³-hybridized carbons (Fsp3) is 0.923. The van der Waals surface area contributed by atoms with Crippen molar-refractivity contribution in [2.75, 3.05) is 13.1 Å². The van der Waals surface area contributed by atoms with Crippen LogP contribution >= 0.6 is 0 Å². The van der Waals surface area contributed by atoms with Crippen molar-refractivity contribution in [2.24, 2.45) is 17.8 Å². The zero-order chi connectivity index (χ0) is 11.4. The molecule has 0 aliphatic carbocycles. The van der Waals surface area contributed by atoms with Gasteiger partial charge in [0.2, 0.25) is 5.91 Å². The zero-order valence-electron chi connectivity index (χ0n) is 10.6. The summed E-state index contributed by atoms with van der Waals surface area (Å²) in [7, 11) is 0. The molecule has 88 valence electrons. The topological polar surface area (TPSA) is 20.3 Å². The van der Waals surface area contributed by atoms with Gasteiger partial charge in [-0.15, -0.1) is 0 Å². The van der Waals surface area contributed by atoms with Crippen LogP contribution in [0.2, 0.25) is 0 Å². The molecule has 2 unspecified atom stereocenters. The van der Waals surface area contributed by atoms with Crippen molar-refractivity contribution in [3.63, 3.8) is 0 Å². The highest BCUT2D eigenvalue weighted by molar-refractivity contribution is 5.78. The number of rotatable bonds is 3. The van der Waals surface area contributed by atoms with E-state index in [-0.39, 0.29) is 5.92 Å². The van der Waals surface area contributed by atoms with Crippen LogP contribution in [-0.2, 0) is 4.79 Å². The first kappa shape index (κ1) is 12.5. The van der Waals surface area contributed by atoms with Gasteiger partial charge in [0.05, 0.1) is 0 Å². The van der Waals surface area contributed by atoms with Crippen molar-refractivity contribution in [1.82, 2.24) is 4.90 Å². The fourth-order valence-corrected chi connectivity index (χ4v) is 2.24. The largest absolute Gasteiger partial charge is 0.342 e. The Morgan fingerprint density at radius 2 is 2.07 bits per heavy atom. The lowest BCUT2D eigenvalue weighted by molar-refractivity contribution is -0.137. The van der Waals surface area contributed by atoms with E-state index in [1.54, 1.807) is 0 Å². The summed E-state index contributed by atoms with van der Waals surface area (Å²) < 4.78 is 0. The summed E-state index contributed by atoms with van der Waals surface area (Å²) in [5, 5.41) is 0. The smallest absolute Gasteiger partial charge is 0.225 e. The molecule has 0 aromatic heterocycles. The van der Waals surface area contributed by atoms with Crippen molar-refractivity contribution in [1.29, 1.82) is 0 Å². The Morgan fingerprint density at radius 3 is 2.60 bits per heavy atom. The molecule has 1 amide bonds. The summed E-state index contributed by atoms with van der Waals surface area (Å²) >= 11 is 0. The van der Waals surface area contributed by atoms with Crippen LogP contribution in [-0.4, -0.2) is 23.9 Å². The van der Waals surface area contributed by atoms with Gasteiger partial charge in [0.25, 0.3) is 0 Å². The first-order chi connectivity index (χ1) is 7.06. The monoisotopic (exact) mass is 211 g/mol. The van der Waals surface area contributed by atoms with E-state index in [4.69, 9.17) is 0 Å². The fourth-order valence-electron chi connectivity index (χ4n) is 2.24. The molecule has 1 aliphatic heterocycles. The van der Waals surface area contributed by atoms with Crippen LogP contribution in [0.15, 0.2) is 0 Å². The number of likely N-dealkylation sites (tertiary alicyclic amines) is 1. The molecule has 1 heterocycles. The highest BCUT2D eigenvalue weighted by Gasteiger charge is 2.27. The summed E-state index contributed by atoms with van der Waals surface area (Å²) in [6.45, 7) is 10.6. The Balaban J connectivity index is 2.52. The number of carbonyl (C=O) groups excluding carboxylic acids is 1. The van der Waals surface area contributed by atoms with Crippen molar-refractivity contribution < 1.29 is 4.79 Å². The second kappa shape index (κ2) is 5.53. The van der Waals surface area contributed by atoms with Gasteiger partial charge >= 0.3 is 0 Å². The lowest BCUT2D eigenvalue weighted by Gasteiger charge is -2.36. The minimum absolute atomic E-state index is 0.205. The Hall–Kier alpha value is -0.530. The molecular formula is C13H25NO. The van der Waals surface area contributed by atoms with Crippen LogP contribution in [0.4, 0.5) is 0 Å². The predicted octanol–water partition coefficient (Wildman–Crippen LogP) is 2.93. The second-order valence-electron chi connectivity index (χ2n) is 5.24. The molecule has 1 saturated heterocycles. The maximum atomic E-state index is 12.0. The van der Waals surface area contributed by atoms with Gasteiger partial charge in [0, 0.05) is 19.0 Å². The first-order valence-corrected chi connectivity index (χ1v) is 6.35. The summed E-state index contributed by atoms with van der Waals surface area (Å²) in [4.78, 5) is 14.1. The van der Waals surface area contributed by atoms with Crippen molar-refractivity contribution in [3.05, 3.63) is 0 Å². The van der Waals surface area contributed by atoms with E-state index in [0.29, 0.717) is 17.7 Å². The summed E-state index contributed by atoms with van der Waals surface area (Å²) in [6.07, 6.45) is 3.44. The molecule has 0 N–H and O–H groups in total. The van der Waals surface area contributed by atoms with Gasteiger partial charge in [-0.2, -0.15) is 0 Å². The number of hydrogen-bond donors (Lipinski definition) is 0. The maximum Gasteiger partial charge on any atom is 0.225 e. The molecule has 0 radical (unpaired) electrons. The van der Waals surface area contributed by atoms with E-state index >= 15 is 0 Å². The Labute approximate surface area is 94.0 Å². The average Bonchev–Trinajstić information content (AvgIpc) is 2.27. The van der Waals surface area contributed by atoms with E-state index in [0.717, 1.165) is 19.5 Å². The van der Waals surface area contributed by atoms with Gasteiger partial charge in [-0.05, 0) is 31.1 Å². The summed E-state index contributed by atoms with van der Waals surface area (Å²) in [5.41, 5.74) is 0. The van der Waals surface area contributed by atoms with Gasteiger partial charge in [-0.1, -0.05) is 27.7 Å². The van der Waals surface area contributed by atoms with Crippen LogP contribution in [0.5, 0.6) is 0 Å². The van der Waals surface area contributed by atoms with E-state index in [1.807, 2.05) is 6.92 Å². The third-order valence-electron chi connectivity index (χ3n) is 3.75. The van der Waals surface area contributed by atoms with Crippen LogP contribution in [0.3, 0.4) is 0 Å². The van der Waals surface area contributed by atoms with Gasteiger partial charge in [0.15, 0.2) is 0 Å². The third kappa shape index (κ3) is 3.22. The van der Waals surface area contributed by atoms with Gasteiger partial charge in [0.1, 0.15) is 0 Å². The lowest BCUT2D eigenvalue weighted by atomic mass is 9.87. The second-order valence-corrected chi connectivity index (χ2v) is 5.24. The lowest BCUT2D eigenvalue weighted by Crippen LogP contribution is -2.43. The number of carbonyl (C=O) groups is 1. The first-order valence-electron chi connectivity index (χ1n) is 6.35. The molecule has 15 heavy (non-hydrogen) atoms. The molecule has 2 nitrogen and oxygen atoms in total. The summed E-state index contributed by atoms with van der Waals surface area (Å²) in [5.74, 6) is 1.99. The minimum Gasteiger partial charge on any atom is -0.342 e. The highest BCUT2D eigenvalue weighted by Crippen LogP contribution is 2.24. The Bertz CT molecular complexity index is 213. The van der Waals surface area contributed by atoms with Gasteiger partial charge < -0.3 is 4.90 Å². The molecule has 0 saturated carbocycles. The van der Waals surface area contributed by atoms with Crippen molar-refractivity contribution in [2.45, 2.75) is 47.0 Å². The zero-order valence-corrected chi connectivity index (χ0v) is 10.6. The highest BCUT2D eigenvalue weighted by atomic mass is 16.2. The quantitative estimate of drug-likeness (QED) is 0.703. The maximum absolute atomic E-state index is 12.0. The van der Waals surface area contributed by atoms with Gasteiger partial charge in [-0.3, -0.25) is 4.79 Å². The number of amides is 1. The minimum atomic E-state index is 0.205. The third-order valence-corrected chi connectivity index (χ3v) is 3.75. The normalized spacial score (nSPS) is 24.3. The molecule has 1 aliphatic rings. The van der Waals surface area contributed by atoms with Crippen LogP contribution in [0.25, 0.3) is 0 Å². The number of nitrogens with zero attached hydrogens (tertiary/aromatic N) is 1. The van der Waals surface area contributed by atoms with Crippen LogP contribution in [0.1, 0.15) is 47.0 Å². The average molecular weight is 211 g/mol. The van der Waals surface area contributed by atoms with E-state index in [9.17, 15) is 4.79 Å². The van der Waals surface area contributed by atoms with Crippen LogP contribution in [0, 0.1) is 17.8 Å².